The molecule has 0 aliphatic heterocycles. The quantitative estimate of drug-likeness (QED) is 0.685. The number of aromatic nitrogens is 3. The summed E-state index contributed by atoms with van der Waals surface area (Å²) in [6, 6.07) is 7.06. The third kappa shape index (κ3) is 2.05. The van der Waals surface area contributed by atoms with Gasteiger partial charge in [0.2, 0.25) is 0 Å². The van der Waals surface area contributed by atoms with Crippen molar-refractivity contribution in [1.29, 1.82) is 0 Å². The highest BCUT2D eigenvalue weighted by atomic mass is 79.9. The number of fused-ring (bicyclic) bond motifs is 1. The van der Waals surface area contributed by atoms with Crippen LogP contribution in [0.4, 0.5) is 0 Å². The van der Waals surface area contributed by atoms with Crippen molar-refractivity contribution in [3.8, 4) is 5.69 Å². The Morgan fingerprint density at radius 1 is 1.26 bits per heavy atom. The molecule has 0 spiro atoms. The van der Waals surface area contributed by atoms with Crippen LogP contribution in [0, 0.1) is 0 Å². The van der Waals surface area contributed by atoms with Crippen LogP contribution in [-0.2, 0) is 0 Å². The van der Waals surface area contributed by atoms with E-state index >= 15 is 0 Å². The molecule has 6 heteroatoms. The molecule has 0 saturated carbocycles. The second-order valence-corrected chi connectivity index (χ2v) is 5.12. The number of benzene rings is 1. The molecule has 3 rings (SSSR count). The number of pyridine rings is 1. The molecular formula is C13H7BrClN3O. The second kappa shape index (κ2) is 4.75. The van der Waals surface area contributed by atoms with E-state index in [4.69, 9.17) is 11.6 Å². The summed E-state index contributed by atoms with van der Waals surface area (Å²) >= 11 is 9.49. The van der Waals surface area contributed by atoms with Crippen LogP contribution in [0.1, 0.15) is 0 Å². The smallest absolute Gasteiger partial charge is 0.267 e. The van der Waals surface area contributed by atoms with Crippen molar-refractivity contribution in [3.05, 3.63) is 62.8 Å². The zero-order valence-corrected chi connectivity index (χ0v) is 11.9. The van der Waals surface area contributed by atoms with Crippen LogP contribution >= 0.6 is 27.5 Å². The number of hydrogen-bond donors (Lipinski definition) is 0. The Kier molecular flexibility index (Phi) is 3.08. The van der Waals surface area contributed by atoms with Gasteiger partial charge in [-0.25, -0.2) is 4.98 Å². The summed E-state index contributed by atoms with van der Waals surface area (Å²) in [7, 11) is 0. The first kappa shape index (κ1) is 12.3. The molecule has 0 bridgehead atoms. The van der Waals surface area contributed by atoms with Crippen LogP contribution in [0.25, 0.3) is 16.6 Å². The van der Waals surface area contributed by atoms with E-state index in [1.807, 2.05) is 0 Å². The summed E-state index contributed by atoms with van der Waals surface area (Å²) in [6.07, 6.45) is 4.72. The van der Waals surface area contributed by atoms with Gasteiger partial charge in [-0.2, -0.15) is 0 Å². The number of nitrogens with zero attached hydrogens (tertiary/aromatic N) is 3. The maximum atomic E-state index is 12.5. The molecule has 2 aromatic heterocycles. The van der Waals surface area contributed by atoms with Crippen molar-refractivity contribution < 1.29 is 0 Å². The maximum Gasteiger partial charge on any atom is 0.267 e. The molecule has 0 aliphatic rings. The molecule has 1 aromatic carbocycles. The van der Waals surface area contributed by atoms with Gasteiger partial charge in [-0.3, -0.25) is 14.3 Å². The van der Waals surface area contributed by atoms with Gasteiger partial charge in [0, 0.05) is 10.7 Å². The summed E-state index contributed by atoms with van der Waals surface area (Å²) in [5.74, 6) is 0. The van der Waals surface area contributed by atoms with Crippen molar-refractivity contribution in [2.45, 2.75) is 0 Å². The Labute approximate surface area is 121 Å². The Balaban J connectivity index is 2.39. The van der Waals surface area contributed by atoms with Crippen LogP contribution in [-0.4, -0.2) is 14.5 Å². The van der Waals surface area contributed by atoms with Crippen molar-refractivity contribution in [2.24, 2.45) is 0 Å². The van der Waals surface area contributed by atoms with Gasteiger partial charge in [0.05, 0.1) is 27.8 Å². The van der Waals surface area contributed by atoms with Gasteiger partial charge in [0.25, 0.3) is 5.56 Å². The number of halogens is 2. The molecular weight excluding hydrogens is 330 g/mol. The molecule has 0 unspecified atom stereocenters. The van der Waals surface area contributed by atoms with E-state index in [1.54, 1.807) is 36.7 Å². The molecule has 4 nitrogen and oxygen atoms in total. The fourth-order valence-corrected chi connectivity index (χ4v) is 2.40. The Bertz CT molecular complexity index is 817. The minimum absolute atomic E-state index is 0.218. The standard InChI is InChI=1S/C13H7BrClN3O/c14-9-3-4-10-11(12(9)15)13(19)18(7-17-10)8-2-1-5-16-6-8/h1-7H. The van der Waals surface area contributed by atoms with Gasteiger partial charge < -0.3 is 0 Å². The first-order valence-electron chi connectivity index (χ1n) is 5.44. The van der Waals surface area contributed by atoms with Crippen LogP contribution < -0.4 is 5.56 Å². The summed E-state index contributed by atoms with van der Waals surface area (Å²) < 4.78 is 2.10. The second-order valence-electron chi connectivity index (χ2n) is 3.89. The molecule has 0 atom stereocenters. The molecule has 2 heterocycles. The maximum absolute atomic E-state index is 12.5. The van der Waals surface area contributed by atoms with Crippen LogP contribution in [0.2, 0.25) is 5.02 Å². The Morgan fingerprint density at radius 2 is 2.11 bits per heavy atom. The van der Waals surface area contributed by atoms with E-state index in [0.717, 1.165) is 0 Å². The highest BCUT2D eigenvalue weighted by Gasteiger charge is 2.11. The minimum Gasteiger partial charge on any atom is -0.268 e. The normalized spacial score (nSPS) is 10.8. The topological polar surface area (TPSA) is 47.8 Å². The lowest BCUT2D eigenvalue weighted by atomic mass is 10.2. The van der Waals surface area contributed by atoms with E-state index in [1.165, 1.54) is 10.9 Å². The molecule has 19 heavy (non-hydrogen) atoms. The average Bonchev–Trinajstić information content (AvgIpc) is 2.44. The predicted octanol–water partition coefficient (Wildman–Crippen LogP) is 3.20. The van der Waals surface area contributed by atoms with Crippen molar-refractivity contribution in [1.82, 2.24) is 14.5 Å². The Hall–Kier alpha value is -1.72. The molecule has 0 saturated heterocycles. The summed E-state index contributed by atoms with van der Waals surface area (Å²) in [5, 5.41) is 0.760. The monoisotopic (exact) mass is 335 g/mol. The lowest BCUT2D eigenvalue weighted by Gasteiger charge is -2.07. The predicted molar refractivity (Wildman–Crippen MR) is 77.8 cm³/mol. The van der Waals surface area contributed by atoms with Gasteiger partial charge in [-0.1, -0.05) is 11.6 Å². The highest BCUT2D eigenvalue weighted by Crippen LogP contribution is 2.27. The van der Waals surface area contributed by atoms with Gasteiger partial charge in [-0.05, 0) is 40.2 Å². The first-order valence-corrected chi connectivity index (χ1v) is 6.61. The molecule has 0 radical (unpaired) electrons. The average molecular weight is 337 g/mol. The summed E-state index contributed by atoms with van der Waals surface area (Å²) in [4.78, 5) is 20.7. The summed E-state index contributed by atoms with van der Waals surface area (Å²) in [6.45, 7) is 0. The van der Waals surface area contributed by atoms with Gasteiger partial charge in [0.15, 0.2) is 0 Å². The molecule has 0 amide bonds. The van der Waals surface area contributed by atoms with E-state index in [-0.39, 0.29) is 5.56 Å². The molecule has 3 aromatic rings. The van der Waals surface area contributed by atoms with E-state index in [0.29, 0.717) is 26.1 Å². The Morgan fingerprint density at radius 3 is 2.84 bits per heavy atom. The molecule has 94 valence electrons. The molecule has 0 N–H and O–H groups in total. The zero-order valence-electron chi connectivity index (χ0n) is 9.55. The molecule has 0 fully saturated rings. The van der Waals surface area contributed by atoms with Crippen molar-refractivity contribution >= 4 is 38.4 Å². The SMILES string of the molecule is O=c1c2c(Cl)c(Br)ccc2ncn1-c1cccnc1. The fourth-order valence-electron chi connectivity index (χ4n) is 1.82. The third-order valence-corrected chi connectivity index (χ3v) is 4.02. The van der Waals surface area contributed by atoms with Gasteiger partial charge in [-0.15, -0.1) is 0 Å². The zero-order chi connectivity index (χ0) is 13.4. The van der Waals surface area contributed by atoms with E-state index < -0.39 is 0 Å². The number of hydrogen-bond acceptors (Lipinski definition) is 3. The van der Waals surface area contributed by atoms with Crippen LogP contribution in [0.3, 0.4) is 0 Å². The fraction of sp³-hybridized carbons (Fsp3) is 0. The number of rotatable bonds is 1. The lowest BCUT2D eigenvalue weighted by molar-refractivity contribution is 0.953. The highest BCUT2D eigenvalue weighted by molar-refractivity contribution is 9.10. The lowest BCUT2D eigenvalue weighted by Crippen LogP contribution is -2.19. The van der Waals surface area contributed by atoms with Gasteiger partial charge in [0.1, 0.15) is 6.33 Å². The third-order valence-electron chi connectivity index (χ3n) is 2.74. The van der Waals surface area contributed by atoms with Crippen molar-refractivity contribution in [3.63, 3.8) is 0 Å². The molecule has 0 aliphatic carbocycles. The first-order chi connectivity index (χ1) is 9.18. The minimum atomic E-state index is -0.218. The van der Waals surface area contributed by atoms with Crippen LogP contribution in [0.15, 0.2) is 52.3 Å². The summed E-state index contributed by atoms with van der Waals surface area (Å²) in [5.41, 5.74) is 1.00. The largest absolute Gasteiger partial charge is 0.268 e. The van der Waals surface area contributed by atoms with E-state index in [9.17, 15) is 4.79 Å². The van der Waals surface area contributed by atoms with Gasteiger partial charge >= 0.3 is 0 Å². The van der Waals surface area contributed by atoms with Crippen LogP contribution in [0.5, 0.6) is 0 Å². The van der Waals surface area contributed by atoms with E-state index in [2.05, 4.69) is 25.9 Å². The van der Waals surface area contributed by atoms with Crippen molar-refractivity contribution in [2.75, 3.05) is 0 Å².